The average molecular weight is 233 g/mol. The van der Waals surface area contributed by atoms with Crippen molar-refractivity contribution in [2.24, 2.45) is 0 Å². The number of carbonyl (C=O) groups is 1. The predicted octanol–water partition coefficient (Wildman–Crippen LogP) is 1.02. The third-order valence-corrected chi connectivity index (χ3v) is 3.66. The number of anilines is 1. The van der Waals surface area contributed by atoms with Gasteiger partial charge in [-0.3, -0.25) is 0 Å². The van der Waals surface area contributed by atoms with Gasteiger partial charge in [0, 0.05) is 17.8 Å². The Kier molecular flexibility index (Phi) is 2.46. The summed E-state index contributed by atoms with van der Waals surface area (Å²) in [6, 6.07) is -0.408. The zero-order chi connectivity index (χ0) is 11.8. The van der Waals surface area contributed by atoms with Crippen LogP contribution in [0.15, 0.2) is 6.33 Å². The van der Waals surface area contributed by atoms with Crippen LogP contribution in [0, 0.1) is 0 Å². The molecule has 90 valence electrons. The van der Waals surface area contributed by atoms with Crippen LogP contribution in [0.2, 0.25) is 0 Å². The number of carboxylic acids is 1. The first-order valence-corrected chi connectivity index (χ1v) is 6.09. The molecule has 1 fully saturated rings. The molecule has 1 unspecified atom stereocenters. The first-order chi connectivity index (χ1) is 8.27. The molecule has 0 aromatic carbocycles. The summed E-state index contributed by atoms with van der Waals surface area (Å²) < 4.78 is 0. The van der Waals surface area contributed by atoms with E-state index in [2.05, 4.69) is 9.97 Å². The lowest BCUT2D eigenvalue weighted by Crippen LogP contribution is -2.37. The van der Waals surface area contributed by atoms with Gasteiger partial charge < -0.3 is 10.0 Å². The van der Waals surface area contributed by atoms with Crippen LogP contribution < -0.4 is 4.90 Å². The summed E-state index contributed by atoms with van der Waals surface area (Å²) in [6.07, 6.45) is 6.29. The molecule has 3 rings (SSSR count). The second-order valence-corrected chi connectivity index (χ2v) is 4.67. The van der Waals surface area contributed by atoms with E-state index in [1.807, 2.05) is 4.90 Å². The van der Waals surface area contributed by atoms with Crippen molar-refractivity contribution < 1.29 is 9.90 Å². The molecule has 1 aromatic heterocycles. The van der Waals surface area contributed by atoms with Crippen molar-refractivity contribution in [1.82, 2.24) is 9.97 Å². The summed E-state index contributed by atoms with van der Waals surface area (Å²) >= 11 is 0. The molecule has 17 heavy (non-hydrogen) atoms. The maximum Gasteiger partial charge on any atom is 0.326 e. The van der Waals surface area contributed by atoms with E-state index in [0.29, 0.717) is 6.42 Å². The molecule has 5 heteroatoms. The van der Waals surface area contributed by atoms with E-state index < -0.39 is 12.0 Å². The van der Waals surface area contributed by atoms with Gasteiger partial charge in [-0.2, -0.15) is 0 Å². The van der Waals surface area contributed by atoms with Crippen molar-refractivity contribution >= 4 is 11.8 Å². The van der Waals surface area contributed by atoms with Crippen molar-refractivity contribution in [2.75, 3.05) is 11.4 Å². The van der Waals surface area contributed by atoms with E-state index in [0.717, 1.165) is 43.7 Å². The molecule has 1 saturated heterocycles. The van der Waals surface area contributed by atoms with Crippen LogP contribution in [0.4, 0.5) is 5.82 Å². The third-order valence-electron chi connectivity index (χ3n) is 3.66. The molecule has 1 aliphatic carbocycles. The van der Waals surface area contributed by atoms with E-state index in [1.54, 1.807) is 6.33 Å². The SMILES string of the molecule is O=C(O)C1CCCN1c1ncnc2c1CCC2. The van der Waals surface area contributed by atoms with Crippen LogP contribution in [-0.4, -0.2) is 33.6 Å². The fraction of sp³-hybridized carbons (Fsp3) is 0.583. The van der Waals surface area contributed by atoms with Gasteiger partial charge >= 0.3 is 5.97 Å². The van der Waals surface area contributed by atoms with Gasteiger partial charge in [0.15, 0.2) is 0 Å². The number of aromatic nitrogens is 2. The second kappa shape index (κ2) is 3.98. The largest absolute Gasteiger partial charge is 0.480 e. The van der Waals surface area contributed by atoms with Gasteiger partial charge in [-0.1, -0.05) is 0 Å². The van der Waals surface area contributed by atoms with Crippen LogP contribution >= 0.6 is 0 Å². The van der Waals surface area contributed by atoms with Crippen molar-refractivity contribution in [2.45, 2.75) is 38.1 Å². The zero-order valence-electron chi connectivity index (χ0n) is 9.59. The molecule has 1 N–H and O–H groups in total. The molecule has 0 saturated carbocycles. The van der Waals surface area contributed by atoms with Gasteiger partial charge in [0.2, 0.25) is 0 Å². The maximum atomic E-state index is 11.2. The number of fused-ring (bicyclic) bond motifs is 1. The van der Waals surface area contributed by atoms with Crippen molar-refractivity contribution in [1.29, 1.82) is 0 Å². The lowest BCUT2D eigenvalue weighted by atomic mass is 10.2. The highest BCUT2D eigenvalue weighted by Gasteiger charge is 2.33. The molecule has 5 nitrogen and oxygen atoms in total. The summed E-state index contributed by atoms with van der Waals surface area (Å²) in [5, 5.41) is 9.21. The highest BCUT2D eigenvalue weighted by molar-refractivity contribution is 5.79. The highest BCUT2D eigenvalue weighted by atomic mass is 16.4. The van der Waals surface area contributed by atoms with E-state index in [-0.39, 0.29) is 0 Å². The van der Waals surface area contributed by atoms with Crippen molar-refractivity contribution in [3.63, 3.8) is 0 Å². The molecule has 2 aliphatic rings. The molecule has 1 aliphatic heterocycles. The lowest BCUT2D eigenvalue weighted by molar-refractivity contribution is -0.138. The first-order valence-electron chi connectivity index (χ1n) is 6.09. The smallest absolute Gasteiger partial charge is 0.326 e. The van der Waals surface area contributed by atoms with Gasteiger partial charge in [-0.25, -0.2) is 14.8 Å². The maximum absolute atomic E-state index is 11.2. The molecular formula is C12H15N3O2. The normalized spacial score (nSPS) is 22.8. The number of rotatable bonds is 2. The minimum absolute atomic E-state index is 0.408. The predicted molar refractivity (Wildman–Crippen MR) is 62.1 cm³/mol. The second-order valence-electron chi connectivity index (χ2n) is 4.67. The van der Waals surface area contributed by atoms with Crippen LogP contribution in [0.5, 0.6) is 0 Å². The number of aliphatic carboxylic acids is 1. The van der Waals surface area contributed by atoms with Gasteiger partial charge in [0.05, 0.1) is 0 Å². The van der Waals surface area contributed by atoms with Crippen LogP contribution in [0.3, 0.4) is 0 Å². The quantitative estimate of drug-likeness (QED) is 0.826. The Balaban J connectivity index is 1.99. The summed E-state index contributed by atoms with van der Waals surface area (Å²) in [4.78, 5) is 21.7. The third kappa shape index (κ3) is 1.66. The van der Waals surface area contributed by atoms with E-state index in [1.165, 1.54) is 5.56 Å². The Bertz CT molecular complexity index is 461. The minimum Gasteiger partial charge on any atom is -0.480 e. The molecule has 0 bridgehead atoms. The molecule has 1 aromatic rings. The monoisotopic (exact) mass is 233 g/mol. The van der Waals surface area contributed by atoms with Crippen molar-refractivity contribution in [3.05, 3.63) is 17.6 Å². The van der Waals surface area contributed by atoms with Crippen LogP contribution in [0.1, 0.15) is 30.5 Å². The first kappa shape index (κ1) is 10.5. The Labute approximate surface area is 99.5 Å². The fourth-order valence-electron chi connectivity index (χ4n) is 2.87. The minimum atomic E-state index is -0.743. The Morgan fingerprint density at radius 2 is 2.24 bits per heavy atom. The number of hydrogen-bond donors (Lipinski definition) is 1. The summed E-state index contributed by atoms with van der Waals surface area (Å²) in [7, 11) is 0. The standard InChI is InChI=1S/C12H15N3O2/c16-12(17)10-5-2-6-15(10)11-8-3-1-4-9(8)13-7-14-11/h7,10H,1-6H2,(H,16,17). The van der Waals surface area contributed by atoms with Gasteiger partial charge in [-0.15, -0.1) is 0 Å². The zero-order valence-corrected chi connectivity index (χ0v) is 9.59. The van der Waals surface area contributed by atoms with Crippen molar-refractivity contribution in [3.8, 4) is 0 Å². The Morgan fingerprint density at radius 3 is 3.06 bits per heavy atom. The summed E-state index contributed by atoms with van der Waals surface area (Å²) in [6.45, 7) is 0.792. The Hall–Kier alpha value is -1.65. The lowest BCUT2D eigenvalue weighted by Gasteiger charge is -2.24. The van der Waals surface area contributed by atoms with Gasteiger partial charge in [0.1, 0.15) is 18.2 Å². The van der Waals surface area contributed by atoms with E-state index in [4.69, 9.17) is 0 Å². The molecule has 1 atom stereocenters. The van der Waals surface area contributed by atoms with Crippen LogP contribution in [0.25, 0.3) is 0 Å². The Morgan fingerprint density at radius 1 is 1.35 bits per heavy atom. The number of carboxylic acid groups (broad SMARTS) is 1. The molecule has 0 amide bonds. The number of hydrogen-bond acceptors (Lipinski definition) is 4. The molecule has 2 heterocycles. The number of nitrogens with zero attached hydrogens (tertiary/aromatic N) is 3. The molecular weight excluding hydrogens is 218 g/mol. The molecule has 0 spiro atoms. The highest BCUT2D eigenvalue weighted by Crippen LogP contribution is 2.32. The topological polar surface area (TPSA) is 66.3 Å². The number of aryl methyl sites for hydroxylation is 1. The molecule has 0 radical (unpaired) electrons. The van der Waals surface area contributed by atoms with Gasteiger partial charge in [0.25, 0.3) is 0 Å². The van der Waals surface area contributed by atoms with E-state index in [9.17, 15) is 9.90 Å². The summed E-state index contributed by atoms with van der Waals surface area (Å²) in [5.74, 6) is 0.116. The average Bonchev–Trinajstić information content (AvgIpc) is 2.97. The van der Waals surface area contributed by atoms with Gasteiger partial charge in [-0.05, 0) is 32.1 Å². The van der Waals surface area contributed by atoms with Crippen LogP contribution in [-0.2, 0) is 17.6 Å². The van der Waals surface area contributed by atoms with E-state index >= 15 is 0 Å². The fourth-order valence-corrected chi connectivity index (χ4v) is 2.87. The summed E-state index contributed by atoms with van der Waals surface area (Å²) in [5.41, 5.74) is 2.27.